The second kappa shape index (κ2) is 9.55. The van der Waals surface area contributed by atoms with Gasteiger partial charge in [-0.2, -0.15) is 0 Å². The summed E-state index contributed by atoms with van der Waals surface area (Å²) in [5.74, 6) is 8.00. The normalized spacial score (nSPS) is 9.83. The van der Waals surface area contributed by atoms with Crippen molar-refractivity contribution in [3.05, 3.63) is 59.7 Å². The van der Waals surface area contributed by atoms with Crippen molar-refractivity contribution < 1.29 is 14.2 Å². The Bertz CT molecular complexity index is 633. The van der Waals surface area contributed by atoms with Gasteiger partial charge in [0, 0.05) is 18.2 Å². The van der Waals surface area contributed by atoms with Gasteiger partial charge in [-0.15, -0.1) is 0 Å². The Kier molecular flexibility index (Phi) is 7.03. The van der Waals surface area contributed by atoms with Gasteiger partial charge in [-0.25, -0.2) is 0 Å². The van der Waals surface area contributed by atoms with E-state index in [0.717, 1.165) is 35.7 Å². The Hall–Kier alpha value is -2.44. The van der Waals surface area contributed by atoms with Crippen LogP contribution >= 0.6 is 0 Å². The van der Waals surface area contributed by atoms with E-state index in [0.29, 0.717) is 13.2 Å². The highest BCUT2D eigenvalue weighted by atomic mass is 16.5. The van der Waals surface area contributed by atoms with Crippen LogP contribution in [0.2, 0.25) is 0 Å². The van der Waals surface area contributed by atoms with Gasteiger partial charge in [-0.05, 0) is 55.0 Å². The highest BCUT2D eigenvalue weighted by Crippen LogP contribution is 2.13. The summed E-state index contributed by atoms with van der Waals surface area (Å²) < 4.78 is 16.0. The van der Waals surface area contributed by atoms with Crippen LogP contribution in [0.15, 0.2) is 48.5 Å². The molecule has 0 saturated carbocycles. The third-order valence-electron chi connectivity index (χ3n) is 3.09. The molecule has 0 bridgehead atoms. The SMILES string of the molecule is CCCOc1ccc(C#Cc2ccc(OCCOC)cc2)cc1. The maximum absolute atomic E-state index is 5.56. The zero-order valence-corrected chi connectivity index (χ0v) is 13.7. The van der Waals surface area contributed by atoms with Gasteiger partial charge in [-0.1, -0.05) is 18.8 Å². The first-order valence-corrected chi connectivity index (χ1v) is 7.78. The second-order valence-electron chi connectivity index (χ2n) is 4.99. The highest BCUT2D eigenvalue weighted by molar-refractivity contribution is 5.45. The quantitative estimate of drug-likeness (QED) is 0.573. The topological polar surface area (TPSA) is 27.7 Å². The lowest BCUT2D eigenvalue weighted by Gasteiger charge is -2.04. The van der Waals surface area contributed by atoms with E-state index in [1.807, 2.05) is 48.5 Å². The van der Waals surface area contributed by atoms with E-state index >= 15 is 0 Å². The van der Waals surface area contributed by atoms with Gasteiger partial charge in [0.25, 0.3) is 0 Å². The summed E-state index contributed by atoms with van der Waals surface area (Å²) in [5, 5.41) is 0. The standard InChI is InChI=1S/C20H22O3/c1-3-14-22-19-10-6-17(7-11-19)4-5-18-8-12-20(13-9-18)23-16-15-21-2/h6-13H,3,14-16H2,1-2H3. The van der Waals surface area contributed by atoms with E-state index in [9.17, 15) is 0 Å². The largest absolute Gasteiger partial charge is 0.494 e. The van der Waals surface area contributed by atoms with Crippen molar-refractivity contribution in [1.82, 2.24) is 0 Å². The molecule has 0 heterocycles. The van der Waals surface area contributed by atoms with E-state index in [-0.39, 0.29) is 0 Å². The number of hydrogen-bond donors (Lipinski definition) is 0. The van der Waals surface area contributed by atoms with Crippen LogP contribution in [0.5, 0.6) is 11.5 Å². The third kappa shape index (κ3) is 6.06. The maximum atomic E-state index is 5.56. The Balaban J connectivity index is 1.93. The molecule has 3 nitrogen and oxygen atoms in total. The first-order valence-electron chi connectivity index (χ1n) is 7.78. The molecule has 0 saturated heterocycles. The summed E-state index contributed by atoms with van der Waals surface area (Å²) in [6.45, 7) is 3.96. The molecule has 2 aromatic rings. The number of hydrogen-bond acceptors (Lipinski definition) is 3. The van der Waals surface area contributed by atoms with Crippen LogP contribution in [0, 0.1) is 11.8 Å². The predicted molar refractivity (Wildman–Crippen MR) is 92.0 cm³/mol. The lowest BCUT2D eigenvalue weighted by Crippen LogP contribution is -2.03. The Labute approximate surface area is 138 Å². The number of ether oxygens (including phenoxy) is 3. The molecule has 0 amide bonds. The van der Waals surface area contributed by atoms with Crippen molar-refractivity contribution in [2.75, 3.05) is 26.9 Å². The van der Waals surface area contributed by atoms with Crippen LogP contribution in [0.1, 0.15) is 24.5 Å². The predicted octanol–water partition coefficient (Wildman–Crippen LogP) is 3.90. The molecular formula is C20H22O3. The molecule has 0 atom stereocenters. The molecule has 0 radical (unpaired) electrons. The van der Waals surface area contributed by atoms with Crippen LogP contribution in [0.4, 0.5) is 0 Å². The van der Waals surface area contributed by atoms with Crippen molar-refractivity contribution in [2.24, 2.45) is 0 Å². The summed E-state index contributed by atoms with van der Waals surface area (Å²) >= 11 is 0. The van der Waals surface area contributed by atoms with E-state index in [2.05, 4.69) is 18.8 Å². The van der Waals surface area contributed by atoms with E-state index in [1.54, 1.807) is 7.11 Å². The molecule has 0 aliphatic carbocycles. The molecule has 0 fully saturated rings. The summed E-state index contributed by atoms with van der Waals surface area (Å²) in [6.07, 6.45) is 1.01. The fourth-order valence-corrected chi connectivity index (χ4v) is 1.88. The fourth-order valence-electron chi connectivity index (χ4n) is 1.88. The zero-order valence-electron chi connectivity index (χ0n) is 13.7. The average molecular weight is 310 g/mol. The summed E-state index contributed by atoms with van der Waals surface area (Å²) in [6, 6.07) is 15.6. The Morgan fingerprint density at radius 1 is 0.696 bits per heavy atom. The summed E-state index contributed by atoms with van der Waals surface area (Å²) in [5.41, 5.74) is 1.92. The van der Waals surface area contributed by atoms with E-state index in [4.69, 9.17) is 14.2 Å². The molecule has 0 aromatic heterocycles. The van der Waals surface area contributed by atoms with E-state index in [1.165, 1.54) is 0 Å². The lowest BCUT2D eigenvalue weighted by atomic mass is 10.2. The van der Waals surface area contributed by atoms with Crippen LogP contribution < -0.4 is 9.47 Å². The van der Waals surface area contributed by atoms with Crippen LogP contribution in [0.25, 0.3) is 0 Å². The van der Waals surface area contributed by atoms with Gasteiger partial charge >= 0.3 is 0 Å². The summed E-state index contributed by atoms with van der Waals surface area (Å²) in [4.78, 5) is 0. The van der Waals surface area contributed by atoms with E-state index < -0.39 is 0 Å². The van der Waals surface area contributed by atoms with Crippen molar-refractivity contribution in [3.63, 3.8) is 0 Å². The van der Waals surface area contributed by atoms with Gasteiger partial charge in [-0.3, -0.25) is 0 Å². The molecule has 23 heavy (non-hydrogen) atoms. The molecule has 0 aliphatic heterocycles. The lowest BCUT2D eigenvalue weighted by molar-refractivity contribution is 0.146. The number of benzene rings is 2. The van der Waals surface area contributed by atoms with Crippen LogP contribution in [-0.2, 0) is 4.74 Å². The van der Waals surface area contributed by atoms with Crippen LogP contribution in [0.3, 0.4) is 0 Å². The third-order valence-corrected chi connectivity index (χ3v) is 3.09. The Morgan fingerprint density at radius 3 is 1.61 bits per heavy atom. The van der Waals surface area contributed by atoms with Gasteiger partial charge in [0.05, 0.1) is 13.2 Å². The molecule has 120 valence electrons. The molecular weight excluding hydrogens is 288 g/mol. The molecule has 0 aliphatic rings. The molecule has 2 rings (SSSR count). The van der Waals surface area contributed by atoms with Gasteiger partial charge in [0.15, 0.2) is 0 Å². The second-order valence-corrected chi connectivity index (χ2v) is 4.99. The van der Waals surface area contributed by atoms with Gasteiger partial charge in [0.2, 0.25) is 0 Å². The summed E-state index contributed by atoms with van der Waals surface area (Å²) in [7, 11) is 1.66. The van der Waals surface area contributed by atoms with Gasteiger partial charge < -0.3 is 14.2 Å². The minimum absolute atomic E-state index is 0.550. The molecule has 0 N–H and O–H groups in total. The first-order chi connectivity index (χ1) is 11.3. The van der Waals surface area contributed by atoms with Crippen molar-refractivity contribution in [3.8, 4) is 23.3 Å². The Morgan fingerprint density at radius 2 is 1.17 bits per heavy atom. The smallest absolute Gasteiger partial charge is 0.119 e. The molecule has 0 unspecified atom stereocenters. The zero-order chi connectivity index (χ0) is 16.3. The van der Waals surface area contributed by atoms with Crippen molar-refractivity contribution in [1.29, 1.82) is 0 Å². The van der Waals surface area contributed by atoms with Crippen molar-refractivity contribution in [2.45, 2.75) is 13.3 Å². The molecule has 0 spiro atoms. The maximum Gasteiger partial charge on any atom is 0.119 e. The molecule has 3 heteroatoms. The molecule has 2 aromatic carbocycles. The first kappa shape index (κ1) is 16.9. The monoisotopic (exact) mass is 310 g/mol. The minimum atomic E-state index is 0.550. The average Bonchev–Trinajstić information content (AvgIpc) is 2.60. The fraction of sp³-hybridized carbons (Fsp3) is 0.300. The number of methoxy groups -OCH3 is 1. The van der Waals surface area contributed by atoms with Crippen LogP contribution in [-0.4, -0.2) is 26.9 Å². The number of rotatable bonds is 7. The van der Waals surface area contributed by atoms with Crippen molar-refractivity contribution >= 4 is 0 Å². The highest BCUT2D eigenvalue weighted by Gasteiger charge is 1.95. The minimum Gasteiger partial charge on any atom is -0.494 e. The van der Waals surface area contributed by atoms with Gasteiger partial charge in [0.1, 0.15) is 18.1 Å².